The molecule has 6 heteroatoms. The summed E-state index contributed by atoms with van der Waals surface area (Å²) >= 11 is 1.89. The van der Waals surface area contributed by atoms with E-state index < -0.39 is 11.6 Å². The van der Waals surface area contributed by atoms with Gasteiger partial charge in [-0.2, -0.15) is 11.8 Å². The number of rotatable bonds is 4. The van der Waals surface area contributed by atoms with Gasteiger partial charge in [0.15, 0.2) is 5.96 Å². The van der Waals surface area contributed by atoms with Gasteiger partial charge < -0.3 is 10.6 Å². The van der Waals surface area contributed by atoms with Crippen molar-refractivity contribution in [1.82, 2.24) is 10.6 Å². The van der Waals surface area contributed by atoms with Gasteiger partial charge in [0, 0.05) is 30.4 Å². The standard InChI is InChI=1S/C15H21F2N3S/c1-18-15(20-12-4-5-13(8-12)21-2)19-9-10-7-11(16)3-6-14(10)17/h3,6-7,12-13H,4-5,8-9H2,1-2H3,(H2,18,19,20). The van der Waals surface area contributed by atoms with E-state index >= 15 is 0 Å². The second kappa shape index (κ2) is 7.64. The van der Waals surface area contributed by atoms with Crippen molar-refractivity contribution in [3.63, 3.8) is 0 Å². The number of nitrogens with zero attached hydrogens (tertiary/aromatic N) is 1. The number of halogens is 2. The van der Waals surface area contributed by atoms with Gasteiger partial charge in [-0.1, -0.05) is 0 Å². The summed E-state index contributed by atoms with van der Waals surface area (Å²) in [4.78, 5) is 4.14. The number of nitrogens with one attached hydrogen (secondary N) is 2. The van der Waals surface area contributed by atoms with E-state index in [0.717, 1.165) is 25.0 Å². The summed E-state index contributed by atoms with van der Waals surface area (Å²) in [5.74, 6) is -0.220. The molecule has 1 aromatic rings. The Hall–Kier alpha value is -1.30. The minimum Gasteiger partial charge on any atom is -0.354 e. The van der Waals surface area contributed by atoms with Gasteiger partial charge in [0.1, 0.15) is 11.6 Å². The number of aliphatic imine (C=N–C) groups is 1. The summed E-state index contributed by atoms with van der Waals surface area (Å²) < 4.78 is 26.7. The Morgan fingerprint density at radius 3 is 2.86 bits per heavy atom. The molecule has 0 spiro atoms. The monoisotopic (exact) mass is 313 g/mol. The molecule has 2 rings (SSSR count). The van der Waals surface area contributed by atoms with Crippen LogP contribution >= 0.6 is 11.8 Å². The first-order chi connectivity index (χ1) is 10.1. The third-order valence-corrected chi connectivity index (χ3v) is 4.83. The Balaban J connectivity index is 1.87. The molecule has 2 atom stereocenters. The van der Waals surface area contributed by atoms with Crippen molar-refractivity contribution in [2.45, 2.75) is 37.1 Å². The summed E-state index contributed by atoms with van der Waals surface area (Å²) in [5.41, 5.74) is 0.298. The topological polar surface area (TPSA) is 36.4 Å². The summed E-state index contributed by atoms with van der Waals surface area (Å²) in [7, 11) is 1.68. The highest BCUT2D eigenvalue weighted by Crippen LogP contribution is 2.28. The van der Waals surface area contributed by atoms with Crippen LogP contribution in [0.2, 0.25) is 0 Å². The van der Waals surface area contributed by atoms with Gasteiger partial charge in [0.2, 0.25) is 0 Å². The third-order valence-electron chi connectivity index (χ3n) is 3.74. The van der Waals surface area contributed by atoms with Crippen molar-refractivity contribution in [3.8, 4) is 0 Å². The molecule has 0 aliphatic heterocycles. The third kappa shape index (κ3) is 4.59. The maximum Gasteiger partial charge on any atom is 0.191 e. The van der Waals surface area contributed by atoms with E-state index in [9.17, 15) is 8.78 Å². The minimum atomic E-state index is -0.435. The van der Waals surface area contributed by atoms with Gasteiger partial charge in [-0.3, -0.25) is 4.99 Å². The molecule has 0 saturated heterocycles. The van der Waals surface area contributed by atoms with E-state index in [1.165, 1.54) is 12.5 Å². The number of hydrogen-bond acceptors (Lipinski definition) is 2. The average molecular weight is 313 g/mol. The Bertz CT molecular complexity index is 508. The Morgan fingerprint density at radius 2 is 2.19 bits per heavy atom. The molecule has 1 fully saturated rings. The van der Waals surface area contributed by atoms with Crippen molar-refractivity contribution >= 4 is 17.7 Å². The molecule has 1 saturated carbocycles. The number of guanidine groups is 1. The lowest BCUT2D eigenvalue weighted by molar-refractivity contribution is 0.577. The van der Waals surface area contributed by atoms with Gasteiger partial charge in [0.05, 0.1) is 0 Å². The lowest BCUT2D eigenvalue weighted by atomic mass is 10.2. The van der Waals surface area contributed by atoms with Crippen LogP contribution in [-0.4, -0.2) is 30.6 Å². The number of benzene rings is 1. The highest BCUT2D eigenvalue weighted by Gasteiger charge is 2.24. The fourth-order valence-electron chi connectivity index (χ4n) is 2.53. The Labute approximate surface area is 128 Å². The van der Waals surface area contributed by atoms with Crippen LogP contribution in [0.15, 0.2) is 23.2 Å². The molecule has 1 aliphatic carbocycles. The van der Waals surface area contributed by atoms with E-state index in [0.29, 0.717) is 22.8 Å². The van der Waals surface area contributed by atoms with Gasteiger partial charge in [-0.15, -0.1) is 0 Å². The molecule has 1 aromatic carbocycles. The van der Waals surface area contributed by atoms with Crippen LogP contribution in [-0.2, 0) is 6.54 Å². The molecule has 3 nitrogen and oxygen atoms in total. The summed E-state index contributed by atoms with van der Waals surface area (Å²) in [6.45, 7) is 0.210. The molecule has 21 heavy (non-hydrogen) atoms. The zero-order chi connectivity index (χ0) is 15.2. The molecule has 116 valence electrons. The highest BCUT2D eigenvalue weighted by atomic mass is 32.2. The maximum absolute atomic E-state index is 13.6. The van der Waals surface area contributed by atoms with E-state index in [4.69, 9.17) is 0 Å². The molecule has 0 amide bonds. The van der Waals surface area contributed by atoms with E-state index in [2.05, 4.69) is 21.9 Å². The molecule has 2 N–H and O–H groups in total. The van der Waals surface area contributed by atoms with Crippen molar-refractivity contribution < 1.29 is 8.78 Å². The lowest BCUT2D eigenvalue weighted by Gasteiger charge is -2.17. The predicted molar refractivity (Wildman–Crippen MR) is 84.6 cm³/mol. The van der Waals surface area contributed by atoms with Crippen LogP contribution < -0.4 is 10.6 Å². The smallest absolute Gasteiger partial charge is 0.191 e. The second-order valence-electron chi connectivity index (χ2n) is 5.17. The first-order valence-corrected chi connectivity index (χ1v) is 8.35. The summed E-state index contributed by atoms with van der Waals surface area (Å²) in [6.07, 6.45) is 5.55. The van der Waals surface area contributed by atoms with Crippen molar-refractivity contribution in [3.05, 3.63) is 35.4 Å². The molecular formula is C15H21F2N3S. The van der Waals surface area contributed by atoms with Crippen molar-refractivity contribution in [2.24, 2.45) is 4.99 Å². The molecule has 1 aliphatic rings. The molecule has 0 heterocycles. The van der Waals surface area contributed by atoms with Crippen LogP contribution in [0.1, 0.15) is 24.8 Å². The SMILES string of the molecule is CN=C(NCc1cc(F)ccc1F)NC1CCC(SC)C1. The van der Waals surface area contributed by atoms with E-state index in [-0.39, 0.29) is 6.54 Å². The van der Waals surface area contributed by atoms with Gasteiger partial charge >= 0.3 is 0 Å². The van der Waals surface area contributed by atoms with Crippen molar-refractivity contribution in [2.75, 3.05) is 13.3 Å². The summed E-state index contributed by atoms with van der Waals surface area (Å²) in [6, 6.07) is 3.86. The van der Waals surface area contributed by atoms with E-state index in [1.54, 1.807) is 7.05 Å². The van der Waals surface area contributed by atoms with Gasteiger partial charge in [-0.05, 0) is 43.7 Å². The van der Waals surface area contributed by atoms with Gasteiger partial charge in [0.25, 0.3) is 0 Å². The van der Waals surface area contributed by atoms with E-state index in [1.807, 2.05) is 11.8 Å². The Kier molecular flexibility index (Phi) is 5.85. The number of hydrogen-bond donors (Lipinski definition) is 2. The van der Waals surface area contributed by atoms with Crippen LogP contribution in [0.25, 0.3) is 0 Å². The van der Waals surface area contributed by atoms with Crippen LogP contribution in [0.4, 0.5) is 8.78 Å². The van der Waals surface area contributed by atoms with Crippen LogP contribution in [0, 0.1) is 11.6 Å². The summed E-state index contributed by atoms with van der Waals surface area (Å²) in [5, 5.41) is 7.08. The second-order valence-corrected chi connectivity index (χ2v) is 6.31. The van der Waals surface area contributed by atoms with Crippen LogP contribution in [0.3, 0.4) is 0 Å². The van der Waals surface area contributed by atoms with Crippen LogP contribution in [0.5, 0.6) is 0 Å². The minimum absolute atomic E-state index is 0.210. The molecular weight excluding hydrogens is 292 g/mol. The average Bonchev–Trinajstić information content (AvgIpc) is 2.94. The lowest BCUT2D eigenvalue weighted by Crippen LogP contribution is -2.42. The van der Waals surface area contributed by atoms with Crippen molar-refractivity contribution in [1.29, 1.82) is 0 Å². The fourth-order valence-corrected chi connectivity index (χ4v) is 3.33. The zero-order valence-electron chi connectivity index (χ0n) is 12.3. The molecule has 2 unspecified atom stereocenters. The molecule has 0 bridgehead atoms. The first-order valence-electron chi connectivity index (χ1n) is 7.06. The quantitative estimate of drug-likeness (QED) is 0.663. The maximum atomic E-state index is 13.6. The fraction of sp³-hybridized carbons (Fsp3) is 0.533. The first kappa shape index (κ1) is 16.1. The Morgan fingerprint density at radius 1 is 1.38 bits per heavy atom. The predicted octanol–water partition coefficient (Wildman–Crippen LogP) is 2.91. The zero-order valence-corrected chi connectivity index (χ0v) is 13.1. The largest absolute Gasteiger partial charge is 0.354 e. The normalized spacial score (nSPS) is 22.4. The molecule has 0 aromatic heterocycles. The van der Waals surface area contributed by atoms with Gasteiger partial charge in [-0.25, -0.2) is 8.78 Å². The number of thioether (sulfide) groups is 1. The molecule has 0 radical (unpaired) electrons. The highest BCUT2D eigenvalue weighted by molar-refractivity contribution is 7.99.